The maximum absolute atomic E-state index is 3.67. The fourth-order valence-corrected chi connectivity index (χ4v) is 2.91. The first-order valence-corrected chi connectivity index (χ1v) is 7.07. The molecule has 0 aliphatic carbocycles. The molecule has 2 aromatic heterocycles. The summed E-state index contributed by atoms with van der Waals surface area (Å²) in [5.41, 5.74) is 4.91. The average molecular weight is 315 g/mol. The normalized spacial score (nSPS) is 11.1. The van der Waals surface area contributed by atoms with Crippen LogP contribution in [0.5, 0.6) is 0 Å². The van der Waals surface area contributed by atoms with Crippen molar-refractivity contribution in [1.82, 2.24) is 9.97 Å². The lowest BCUT2D eigenvalue weighted by atomic mass is 9.91. The van der Waals surface area contributed by atoms with Crippen LogP contribution in [0.15, 0.2) is 59.3 Å². The summed E-state index contributed by atoms with van der Waals surface area (Å²) < 4.78 is 1.13. The largest absolute Gasteiger partial charge is 0.364 e. The van der Waals surface area contributed by atoms with E-state index in [1.54, 1.807) is 0 Å². The van der Waals surface area contributed by atoms with Crippen molar-refractivity contribution in [1.29, 1.82) is 0 Å². The smallest absolute Gasteiger partial charge is 0.0652 e. The van der Waals surface area contributed by atoms with E-state index in [0.717, 1.165) is 4.47 Å². The number of hydrogen-bond acceptors (Lipinski definition) is 0. The molecule has 0 spiro atoms. The van der Waals surface area contributed by atoms with Crippen LogP contribution in [0.3, 0.4) is 0 Å². The zero-order chi connectivity index (χ0) is 13.2. The monoisotopic (exact) mass is 314 g/mol. The van der Waals surface area contributed by atoms with Crippen LogP contribution in [-0.2, 0) is 0 Å². The molecular formula is C16H15BrN2. The second-order valence-electron chi connectivity index (χ2n) is 4.71. The van der Waals surface area contributed by atoms with Crippen molar-refractivity contribution in [3.63, 3.8) is 0 Å². The number of benzene rings is 1. The van der Waals surface area contributed by atoms with E-state index in [1.807, 2.05) is 24.5 Å². The van der Waals surface area contributed by atoms with E-state index in [1.165, 1.54) is 22.5 Å². The van der Waals surface area contributed by atoms with Crippen LogP contribution in [0.4, 0.5) is 0 Å². The van der Waals surface area contributed by atoms with Crippen molar-refractivity contribution in [2.75, 3.05) is 0 Å². The van der Waals surface area contributed by atoms with E-state index >= 15 is 0 Å². The number of aromatic nitrogens is 2. The maximum Gasteiger partial charge on any atom is 0.0652 e. The average Bonchev–Trinajstić information content (AvgIpc) is 3.07. The zero-order valence-corrected chi connectivity index (χ0v) is 12.2. The molecule has 2 N–H and O–H groups in total. The van der Waals surface area contributed by atoms with Gasteiger partial charge in [-0.05, 0) is 42.8 Å². The molecule has 0 radical (unpaired) electrons. The molecule has 0 bridgehead atoms. The number of rotatable bonds is 3. The second kappa shape index (κ2) is 5.10. The topological polar surface area (TPSA) is 31.6 Å². The van der Waals surface area contributed by atoms with Crippen LogP contribution in [0.1, 0.15) is 28.4 Å². The molecule has 0 unspecified atom stereocenters. The number of nitrogens with one attached hydrogen (secondary N) is 2. The molecule has 3 aromatic rings. The van der Waals surface area contributed by atoms with Gasteiger partial charge in [-0.25, -0.2) is 0 Å². The summed E-state index contributed by atoms with van der Waals surface area (Å²) in [5, 5.41) is 0. The van der Waals surface area contributed by atoms with Crippen LogP contribution in [0, 0.1) is 6.92 Å². The van der Waals surface area contributed by atoms with Gasteiger partial charge in [0.25, 0.3) is 0 Å². The van der Waals surface area contributed by atoms with Crippen LogP contribution < -0.4 is 0 Å². The molecule has 3 heteroatoms. The number of H-pyrrole nitrogens is 2. The van der Waals surface area contributed by atoms with Gasteiger partial charge >= 0.3 is 0 Å². The quantitative estimate of drug-likeness (QED) is 0.708. The molecule has 19 heavy (non-hydrogen) atoms. The molecule has 0 atom stereocenters. The lowest BCUT2D eigenvalue weighted by molar-refractivity contribution is 0.891. The Hall–Kier alpha value is -1.74. The van der Waals surface area contributed by atoms with Gasteiger partial charge in [-0.1, -0.05) is 33.6 Å². The Morgan fingerprint density at radius 2 is 1.58 bits per heavy atom. The van der Waals surface area contributed by atoms with Crippen molar-refractivity contribution in [2.24, 2.45) is 0 Å². The van der Waals surface area contributed by atoms with E-state index in [9.17, 15) is 0 Å². The minimum atomic E-state index is 0.194. The highest BCUT2D eigenvalue weighted by Gasteiger charge is 2.20. The Balaban J connectivity index is 2.17. The highest BCUT2D eigenvalue weighted by Crippen LogP contribution is 2.34. The third-order valence-electron chi connectivity index (χ3n) is 3.33. The molecule has 2 heterocycles. The molecule has 0 saturated heterocycles. The van der Waals surface area contributed by atoms with Gasteiger partial charge in [0.15, 0.2) is 0 Å². The first kappa shape index (κ1) is 12.3. The predicted molar refractivity (Wildman–Crippen MR) is 81.4 cm³/mol. The van der Waals surface area contributed by atoms with Gasteiger partial charge < -0.3 is 9.97 Å². The Kier molecular flexibility index (Phi) is 3.30. The van der Waals surface area contributed by atoms with Gasteiger partial charge in [-0.15, -0.1) is 0 Å². The third kappa shape index (κ3) is 2.38. The Morgan fingerprint density at radius 3 is 2.11 bits per heavy atom. The van der Waals surface area contributed by atoms with Crippen LogP contribution in [0.25, 0.3) is 0 Å². The van der Waals surface area contributed by atoms with Crippen LogP contribution in [-0.4, -0.2) is 9.97 Å². The van der Waals surface area contributed by atoms with Crippen molar-refractivity contribution < 1.29 is 0 Å². The zero-order valence-electron chi connectivity index (χ0n) is 10.7. The van der Waals surface area contributed by atoms with Crippen LogP contribution >= 0.6 is 15.9 Å². The highest BCUT2D eigenvalue weighted by atomic mass is 79.9. The lowest BCUT2D eigenvalue weighted by Gasteiger charge is -2.17. The van der Waals surface area contributed by atoms with Crippen molar-refractivity contribution in [2.45, 2.75) is 12.8 Å². The Morgan fingerprint density at radius 1 is 0.947 bits per heavy atom. The number of aromatic amines is 2. The molecule has 0 aliphatic heterocycles. The molecule has 1 aromatic carbocycles. The molecule has 3 rings (SSSR count). The van der Waals surface area contributed by atoms with Gasteiger partial charge in [0, 0.05) is 28.3 Å². The summed E-state index contributed by atoms with van der Waals surface area (Å²) in [6.45, 7) is 2.12. The SMILES string of the molecule is Cc1ccc(Br)c(C(c2ccc[nH]2)c2ccc[nH]2)c1. The lowest BCUT2D eigenvalue weighted by Crippen LogP contribution is -2.05. The number of halogens is 1. The van der Waals surface area contributed by atoms with E-state index in [-0.39, 0.29) is 5.92 Å². The summed E-state index contributed by atoms with van der Waals surface area (Å²) in [6.07, 6.45) is 3.93. The van der Waals surface area contributed by atoms with Gasteiger partial charge in [-0.3, -0.25) is 0 Å². The van der Waals surface area contributed by atoms with E-state index in [0.29, 0.717) is 0 Å². The standard InChI is InChI=1S/C16H15BrN2/c1-11-6-7-13(17)12(10-11)16(14-4-2-8-18-14)15-5-3-9-19-15/h2-10,16,18-19H,1H3. The summed E-state index contributed by atoms with van der Waals surface area (Å²) in [4.78, 5) is 6.66. The fourth-order valence-electron chi connectivity index (χ4n) is 2.43. The number of aryl methyl sites for hydroxylation is 1. The van der Waals surface area contributed by atoms with Crippen molar-refractivity contribution in [3.05, 3.63) is 81.8 Å². The fraction of sp³-hybridized carbons (Fsp3) is 0.125. The van der Waals surface area contributed by atoms with Crippen LogP contribution in [0.2, 0.25) is 0 Å². The van der Waals surface area contributed by atoms with Crippen molar-refractivity contribution >= 4 is 15.9 Å². The Bertz CT molecular complexity index is 620. The Labute approximate surface area is 121 Å². The summed E-state index contributed by atoms with van der Waals surface area (Å²) in [7, 11) is 0. The van der Waals surface area contributed by atoms with Gasteiger partial charge in [-0.2, -0.15) is 0 Å². The highest BCUT2D eigenvalue weighted by molar-refractivity contribution is 9.10. The first-order valence-electron chi connectivity index (χ1n) is 6.28. The molecule has 2 nitrogen and oxygen atoms in total. The molecular weight excluding hydrogens is 300 g/mol. The van der Waals surface area contributed by atoms with E-state index in [2.05, 4.69) is 63.2 Å². The molecule has 0 aliphatic rings. The van der Waals surface area contributed by atoms with Gasteiger partial charge in [0.1, 0.15) is 0 Å². The van der Waals surface area contributed by atoms with Crippen molar-refractivity contribution in [3.8, 4) is 0 Å². The second-order valence-corrected chi connectivity index (χ2v) is 5.56. The molecule has 0 saturated carbocycles. The van der Waals surface area contributed by atoms with Gasteiger partial charge in [0.05, 0.1) is 5.92 Å². The first-order chi connectivity index (χ1) is 9.25. The summed E-state index contributed by atoms with van der Waals surface area (Å²) >= 11 is 3.67. The predicted octanol–water partition coefficient (Wildman–Crippen LogP) is 4.59. The minimum absolute atomic E-state index is 0.194. The molecule has 96 valence electrons. The molecule has 0 fully saturated rings. The maximum atomic E-state index is 3.67. The minimum Gasteiger partial charge on any atom is -0.364 e. The third-order valence-corrected chi connectivity index (χ3v) is 4.05. The van der Waals surface area contributed by atoms with E-state index in [4.69, 9.17) is 0 Å². The number of hydrogen-bond donors (Lipinski definition) is 2. The summed E-state index contributed by atoms with van der Waals surface area (Å²) in [6, 6.07) is 14.8. The van der Waals surface area contributed by atoms with E-state index < -0.39 is 0 Å². The van der Waals surface area contributed by atoms with Gasteiger partial charge in [0.2, 0.25) is 0 Å². The molecule has 0 amide bonds. The summed E-state index contributed by atoms with van der Waals surface area (Å²) in [5.74, 6) is 0.194.